The first-order chi connectivity index (χ1) is 10.5. The Morgan fingerprint density at radius 3 is 2.59 bits per heavy atom. The van der Waals surface area contributed by atoms with Crippen LogP contribution in [0.3, 0.4) is 0 Å². The lowest BCUT2D eigenvalue weighted by Crippen LogP contribution is -2.56. The van der Waals surface area contributed by atoms with E-state index in [2.05, 4.69) is 15.9 Å². The van der Waals surface area contributed by atoms with Crippen LogP contribution in [0.15, 0.2) is 50.1 Å². The van der Waals surface area contributed by atoms with Crippen molar-refractivity contribution in [1.82, 2.24) is 4.90 Å². The molecule has 0 N–H and O–H groups in total. The quantitative estimate of drug-likeness (QED) is 0.840. The van der Waals surface area contributed by atoms with E-state index < -0.39 is 5.63 Å². The number of likely N-dealkylation sites (tertiary alicyclic amines) is 1. The Hall–Kier alpha value is -2.08. The summed E-state index contributed by atoms with van der Waals surface area (Å²) in [5, 5.41) is 0. The fourth-order valence-electron chi connectivity index (χ4n) is 2.29. The highest BCUT2D eigenvalue weighted by Gasteiger charge is 2.32. The normalized spacial score (nSPS) is 14.5. The van der Waals surface area contributed by atoms with E-state index in [1.807, 2.05) is 12.1 Å². The van der Waals surface area contributed by atoms with Gasteiger partial charge in [-0.2, -0.15) is 0 Å². The molecule has 5 nitrogen and oxygen atoms in total. The second-order valence-corrected chi connectivity index (χ2v) is 6.10. The number of aryl methyl sites for hydroxylation is 1. The van der Waals surface area contributed by atoms with E-state index in [1.54, 1.807) is 30.0 Å². The van der Waals surface area contributed by atoms with Crippen molar-refractivity contribution >= 4 is 21.8 Å². The number of carbonyl (C=O) groups is 1. The van der Waals surface area contributed by atoms with E-state index in [1.165, 1.54) is 6.07 Å². The molecule has 0 unspecified atom stereocenters. The molecule has 1 amide bonds. The number of benzene rings is 1. The van der Waals surface area contributed by atoms with Gasteiger partial charge in [-0.25, -0.2) is 4.79 Å². The molecule has 2 heterocycles. The number of nitrogens with zero attached hydrogens (tertiary/aromatic N) is 1. The van der Waals surface area contributed by atoms with Crippen LogP contribution in [0.5, 0.6) is 5.75 Å². The third-order valence-electron chi connectivity index (χ3n) is 3.40. The summed E-state index contributed by atoms with van der Waals surface area (Å²) in [5.74, 6) is 0.968. The lowest BCUT2D eigenvalue weighted by Gasteiger charge is -2.39. The smallest absolute Gasteiger partial charge is 0.339 e. The van der Waals surface area contributed by atoms with E-state index in [9.17, 15) is 9.59 Å². The maximum absolute atomic E-state index is 12.2. The Morgan fingerprint density at radius 2 is 1.95 bits per heavy atom. The summed E-state index contributed by atoms with van der Waals surface area (Å²) in [6, 6.07) is 10.2. The molecule has 3 rings (SSSR count). The molecular formula is C16H14BrNO4. The summed E-state index contributed by atoms with van der Waals surface area (Å²) in [6.07, 6.45) is -0.0967. The lowest BCUT2D eigenvalue weighted by molar-refractivity contribution is 0.0175. The van der Waals surface area contributed by atoms with Crippen molar-refractivity contribution in [3.8, 4) is 5.75 Å². The maximum atomic E-state index is 12.2. The van der Waals surface area contributed by atoms with Crippen molar-refractivity contribution in [3.05, 3.63) is 62.6 Å². The largest absolute Gasteiger partial charge is 0.486 e. The van der Waals surface area contributed by atoms with Gasteiger partial charge in [0, 0.05) is 16.1 Å². The van der Waals surface area contributed by atoms with Crippen LogP contribution in [0.1, 0.15) is 16.1 Å². The first kappa shape index (κ1) is 14.8. The minimum Gasteiger partial charge on any atom is -0.486 e. The predicted octanol–water partition coefficient (Wildman–Crippen LogP) is 2.61. The minimum atomic E-state index is -0.433. The second-order valence-electron chi connectivity index (χ2n) is 5.18. The van der Waals surface area contributed by atoms with Gasteiger partial charge < -0.3 is 14.1 Å². The van der Waals surface area contributed by atoms with Crippen molar-refractivity contribution in [1.29, 1.82) is 0 Å². The van der Waals surface area contributed by atoms with Gasteiger partial charge in [0.05, 0.1) is 19.2 Å². The van der Waals surface area contributed by atoms with Gasteiger partial charge in [-0.05, 0) is 31.2 Å². The van der Waals surface area contributed by atoms with Gasteiger partial charge in [0.25, 0.3) is 5.91 Å². The third-order valence-corrected chi connectivity index (χ3v) is 3.93. The molecule has 1 fully saturated rings. The molecule has 0 bridgehead atoms. The Labute approximate surface area is 135 Å². The summed E-state index contributed by atoms with van der Waals surface area (Å²) >= 11 is 3.34. The van der Waals surface area contributed by atoms with Crippen LogP contribution in [0, 0.1) is 6.92 Å². The Balaban J connectivity index is 1.58. The number of rotatable bonds is 3. The Kier molecular flexibility index (Phi) is 4.02. The van der Waals surface area contributed by atoms with Gasteiger partial charge in [-0.3, -0.25) is 4.79 Å². The predicted molar refractivity (Wildman–Crippen MR) is 84.2 cm³/mol. The van der Waals surface area contributed by atoms with Crippen LogP contribution in [-0.2, 0) is 0 Å². The monoisotopic (exact) mass is 363 g/mol. The summed E-state index contributed by atoms with van der Waals surface area (Å²) in [6.45, 7) is 2.71. The van der Waals surface area contributed by atoms with Crippen LogP contribution in [0.2, 0.25) is 0 Å². The molecule has 0 atom stereocenters. The van der Waals surface area contributed by atoms with Crippen LogP contribution in [-0.4, -0.2) is 30.0 Å². The van der Waals surface area contributed by atoms with E-state index in [0.717, 1.165) is 4.47 Å². The molecule has 2 aromatic rings. The molecule has 114 valence electrons. The fourth-order valence-corrected chi connectivity index (χ4v) is 2.55. The van der Waals surface area contributed by atoms with Crippen LogP contribution >= 0.6 is 15.9 Å². The van der Waals surface area contributed by atoms with E-state index in [-0.39, 0.29) is 12.0 Å². The summed E-state index contributed by atoms with van der Waals surface area (Å²) < 4.78 is 11.5. The third kappa shape index (κ3) is 3.22. The molecule has 0 aliphatic carbocycles. The van der Waals surface area contributed by atoms with Gasteiger partial charge in [-0.15, -0.1) is 0 Å². The summed E-state index contributed by atoms with van der Waals surface area (Å²) in [5.41, 5.74) is 0.218. The van der Waals surface area contributed by atoms with E-state index in [4.69, 9.17) is 9.15 Å². The molecule has 6 heteroatoms. The molecule has 0 spiro atoms. The summed E-state index contributed by atoms with van der Waals surface area (Å²) in [4.78, 5) is 25.2. The standard InChI is InChI=1S/C16H14BrNO4/c1-10-6-13(7-15(19)21-10)22-14-8-18(9-14)16(20)11-2-4-12(17)5-3-11/h2-7,14H,8-9H2,1H3. The second kappa shape index (κ2) is 5.96. The van der Waals surface area contributed by atoms with Crippen molar-refractivity contribution in [2.75, 3.05) is 13.1 Å². The zero-order valence-electron chi connectivity index (χ0n) is 11.9. The molecule has 1 saturated heterocycles. The highest BCUT2D eigenvalue weighted by atomic mass is 79.9. The summed E-state index contributed by atoms with van der Waals surface area (Å²) in [7, 11) is 0. The van der Waals surface area contributed by atoms with E-state index >= 15 is 0 Å². The van der Waals surface area contributed by atoms with Crippen LogP contribution in [0.25, 0.3) is 0 Å². The number of amides is 1. The van der Waals surface area contributed by atoms with Gasteiger partial charge in [-0.1, -0.05) is 15.9 Å². The van der Waals surface area contributed by atoms with Crippen molar-refractivity contribution in [3.63, 3.8) is 0 Å². The zero-order chi connectivity index (χ0) is 15.7. The highest BCUT2D eigenvalue weighted by Crippen LogP contribution is 2.20. The minimum absolute atomic E-state index is 0.0175. The highest BCUT2D eigenvalue weighted by molar-refractivity contribution is 9.10. The molecule has 1 aliphatic rings. The number of hydrogen-bond acceptors (Lipinski definition) is 4. The number of ether oxygens (including phenoxy) is 1. The van der Waals surface area contributed by atoms with Gasteiger partial charge >= 0.3 is 5.63 Å². The van der Waals surface area contributed by atoms with Gasteiger partial charge in [0.1, 0.15) is 17.6 Å². The molecule has 1 aliphatic heterocycles. The van der Waals surface area contributed by atoms with Crippen LogP contribution < -0.4 is 10.4 Å². The Bertz CT molecular complexity index is 747. The Morgan fingerprint density at radius 1 is 1.27 bits per heavy atom. The van der Waals surface area contributed by atoms with E-state index in [0.29, 0.717) is 30.2 Å². The van der Waals surface area contributed by atoms with Crippen molar-refractivity contribution in [2.24, 2.45) is 0 Å². The van der Waals surface area contributed by atoms with Gasteiger partial charge in [0.15, 0.2) is 0 Å². The van der Waals surface area contributed by atoms with Crippen molar-refractivity contribution in [2.45, 2.75) is 13.0 Å². The molecular weight excluding hydrogens is 350 g/mol. The molecule has 1 aromatic carbocycles. The van der Waals surface area contributed by atoms with Crippen LogP contribution in [0.4, 0.5) is 0 Å². The molecule has 0 saturated carbocycles. The fraction of sp³-hybridized carbons (Fsp3) is 0.250. The molecule has 1 aromatic heterocycles. The van der Waals surface area contributed by atoms with Gasteiger partial charge in [0.2, 0.25) is 0 Å². The van der Waals surface area contributed by atoms with Crippen molar-refractivity contribution < 1.29 is 13.9 Å². The first-order valence-corrected chi connectivity index (χ1v) is 7.64. The number of halogens is 1. The number of carbonyl (C=O) groups excluding carboxylic acids is 1. The topological polar surface area (TPSA) is 59.8 Å². The SMILES string of the molecule is Cc1cc(OC2CN(C(=O)c3ccc(Br)cc3)C2)cc(=O)o1. The maximum Gasteiger partial charge on any atom is 0.339 e. The molecule has 22 heavy (non-hydrogen) atoms. The first-order valence-electron chi connectivity index (χ1n) is 6.84. The number of hydrogen-bond donors (Lipinski definition) is 0. The lowest BCUT2D eigenvalue weighted by atomic mass is 10.1. The molecule has 0 radical (unpaired) electrons. The average molecular weight is 364 g/mol. The zero-order valence-corrected chi connectivity index (χ0v) is 13.5. The average Bonchev–Trinajstić information content (AvgIpc) is 2.41.